The molecule has 0 aliphatic rings. The van der Waals surface area contributed by atoms with Gasteiger partial charge in [-0.1, -0.05) is 104 Å². The summed E-state index contributed by atoms with van der Waals surface area (Å²) in [5.41, 5.74) is 7.37. The van der Waals surface area contributed by atoms with Gasteiger partial charge in [-0.3, -0.25) is 9.98 Å². The minimum atomic E-state index is 0. The molecule has 0 fully saturated rings. The summed E-state index contributed by atoms with van der Waals surface area (Å²) in [7, 11) is 3.23. The zero-order valence-corrected chi connectivity index (χ0v) is 25.4. The quantitative estimate of drug-likeness (QED) is 0.179. The van der Waals surface area contributed by atoms with Gasteiger partial charge in [0.2, 0.25) is 0 Å². The molecule has 2 aromatic carbocycles. The van der Waals surface area contributed by atoms with Crippen molar-refractivity contribution in [2.75, 3.05) is 27.4 Å². The molecule has 2 rings (SSSR count). The SMILES string of the molecule is CC(C)c1cccc(C(C)C)c1N=CC=Nc1c(C(C)C)cccc1C(C)C.COCC#CCOC.[Ni]. The number of aliphatic imine (C=N–C) groups is 2. The van der Waals surface area contributed by atoms with Crippen LogP contribution in [0.15, 0.2) is 46.4 Å². The Balaban J connectivity index is 0.00000125. The molecule has 0 aromatic heterocycles. The summed E-state index contributed by atoms with van der Waals surface area (Å²) in [5.74, 6) is 7.24. The Labute approximate surface area is 236 Å². The summed E-state index contributed by atoms with van der Waals surface area (Å²) in [6.45, 7) is 18.8. The van der Waals surface area contributed by atoms with E-state index in [0.29, 0.717) is 36.9 Å². The van der Waals surface area contributed by atoms with Gasteiger partial charge >= 0.3 is 0 Å². The molecule has 37 heavy (non-hydrogen) atoms. The Bertz CT molecular complexity index is 910. The maximum absolute atomic E-state index is 4.84. The second-order valence-electron chi connectivity index (χ2n) is 9.96. The van der Waals surface area contributed by atoms with Crippen molar-refractivity contribution in [3.63, 3.8) is 0 Å². The molecule has 0 heterocycles. The smallest absolute Gasteiger partial charge is 0.107 e. The van der Waals surface area contributed by atoms with Gasteiger partial charge in [-0.2, -0.15) is 0 Å². The van der Waals surface area contributed by atoms with Gasteiger partial charge in [0.05, 0.1) is 11.4 Å². The fourth-order valence-corrected chi connectivity index (χ4v) is 3.78. The van der Waals surface area contributed by atoms with E-state index in [-0.39, 0.29) is 16.5 Å². The van der Waals surface area contributed by atoms with Crippen molar-refractivity contribution in [3.8, 4) is 11.8 Å². The molecule has 0 radical (unpaired) electrons. The Morgan fingerprint density at radius 1 is 0.595 bits per heavy atom. The molecule has 0 aliphatic carbocycles. The third kappa shape index (κ3) is 11.8. The molecule has 206 valence electrons. The van der Waals surface area contributed by atoms with Gasteiger partial charge in [-0.15, -0.1) is 0 Å². The molecule has 0 aliphatic heterocycles. The number of ether oxygens (including phenoxy) is 2. The first-order valence-corrected chi connectivity index (χ1v) is 12.9. The number of rotatable bonds is 9. The van der Waals surface area contributed by atoms with Crippen molar-refractivity contribution in [1.82, 2.24) is 0 Å². The van der Waals surface area contributed by atoms with Gasteiger partial charge in [0.15, 0.2) is 0 Å². The number of benzene rings is 2. The largest absolute Gasteiger partial charge is 0.372 e. The normalized spacial score (nSPS) is 11.2. The van der Waals surface area contributed by atoms with E-state index in [2.05, 4.69) is 113 Å². The van der Waals surface area contributed by atoms with Crippen LogP contribution in [0.4, 0.5) is 11.4 Å². The molecule has 0 spiro atoms. The maximum Gasteiger partial charge on any atom is 0.107 e. The van der Waals surface area contributed by atoms with Gasteiger partial charge in [-0.25, -0.2) is 0 Å². The van der Waals surface area contributed by atoms with E-state index in [0.717, 1.165) is 11.4 Å². The standard InChI is InChI=1S/C26H36N2.C6H10O2.Ni/c1-17(2)21-11-9-12-22(18(3)4)25(21)27-15-16-28-26-23(19(5)6)13-10-14-24(26)20(7)8;1-7-5-3-4-6-8-2;/h9-20H,1-8H3;5-6H2,1-2H3;. The van der Waals surface area contributed by atoms with Crippen LogP contribution in [0.25, 0.3) is 0 Å². The fourth-order valence-electron chi connectivity index (χ4n) is 3.78. The molecule has 0 N–H and O–H groups in total. The van der Waals surface area contributed by atoms with Crippen LogP contribution in [0.5, 0.6) is 0 Å². The molecule has 0 amide bonds. The number of hydrogen-bond acceptors (Lipinski definition) is 4. The summed E-state index contributed by atoms with van der Waals surface area (Å²) in [6, 6.07) is 13.0. The summed E-state index contributed by atoms with van der Waals surface area (Å²) < 4.78 is 9.32. The van der Waals surface area contributed by atoms with E-state index in [1.54, 1.807) is 14.2 Å². The Kier molecular flexibility index (Phi) is 17.8. The second kappa shape index (κ2) is 18.9. The first-order valence-electron chi connectivity index (χ1n) is 12.9. The second-order valence-corrected chi connectivity index (χ2v) is 9.96. The summed E-state index contributed by atoms with van der Waals surface area (Å²) in [6.07, 6.45) is 3.71. The van der Waals surface area contributed by atoms with E-state index < -0.39 is 0 Å². The number of nitrogens with zero attached hydrogens (tertiary/aromatic N) is 2. The van der Waals surface area contributed by atoms with Crippen molar-refractivity contribution < 1.29 is 26.0 Å². The van der Waals surface area contributed by atoms with Crippen molar-refractivity contribution in [2.45, 2.75) is 79.1 Å². The van der Waals surface area contributed by atoms with E-state index in [4.69, 9.17) is 9.98 Å². The van der Waals surface area contributed by atoms with Crippen molar-refractivity contribution in [2.24, 2.45) is 9.98 Å². The van der Waals surface area contributed by atoms with Crippen LogP contribution < -0.4 is 0 Å². The van der Waals surface area contributed by atoms with Crippen LogP contribution in [0.2, 0.25) is 0 Å². The van der Waals surface area contributed by atoms with Crippen LogP contribution in [-0.4, -0.2) is 39.9 Å². The molecule has 2 aromatic rings. The van der Waals surface area contributed by atoms with Gasteiger partial charge in [0.25, 0.3) is 0 Å². The van der Waals surface area contributed by atoms with Crippen molar-refractivity contribution >= 4 is 23.8 Å². The summed E-state index contributed by atoms with van der Waals surface area (Å²) in [5, 5.41) is 0. The van der Waals surface area contributed by atoms with Crippen LogP contribution in [0.1, 0.15) is 101 Å². The zero-order chi connectivity index (χ0) is 27.1. The number of hydrogen-bond donors (Lipinski definition) is 0. The van der Waals surface area contributed by atoms with Crippen molar-refractivity contribution in [1.29, 1.82) is 0 Å². The average molecular weight is 549 g/mol. The number of para-hydroxylation sites is 2. The predicted molar refractivity (Wildman–Crippen MR) is 157 cm³/mol. The number of methoxy groups -OCH3 is 2. The maximum atomic E-state index is 4.84. The molecular formula is C32H46N2NiO2. The molecule has 0 unspecified atom stereocenters. The monoisotopic (exact) mass is 548 g/mol. The van der Waals surface area contributed by atoms with Crippen LogP contribution >= 0.6 is 0 Å². The molecular weight excluding hydrogens is 503 g/mol. The third-order valence-corrected chi connectivity index (χ3v) is 5.72. The van der Waals surface area contributed by atoms with Gasteiger partial charge in [-0.05, 0) is 45.9 Å². The fraction of sp³-hybridized carbons (Fsp3) is 0.500. The molecule has 0 atom stereocenters. The van der Waals surface area contributed by atoms with Crippen LogP contribution in [-0.2, 0) is 26.0 Å². The van der Waals surface area contributed by atoms with Crippen LogP contribution in [0, 0.1) is 11.8 Å². The van der Waals surface area contributed by atoms with Gasteiger partial charge < -0.3 is 9.47 Å². The molecule has 0 saturated carbocycles. The van der Waals surface area contributed by atoms with Crippen molar-refractivity contribution in [3.05, 3.63) is 58.7 Å². The molecule has 0 saturated heterocycles. The minimum absolute atomic E-state index is 0. The van der Waals surface area contributed by atoms with E-state index in [9.17, 15) is 0 Å². The van der Waals surface area contributed by atoms with Gasteiger partial charge in [0.1, 0.15) is 13.2 Å². The predicted octanol–water partition coefficient (Wildman–Crippen LogP) is 8.57. The molecule has 0 bridgehead atoms. The third-order valence-electron chi connectivity index (χ3n) is 5.72. The Morgan fingerprint density at radius 2 is 0.865 bits per heavy atom. The Morgan fingerprint density at radius 3 is 1.08 bits per heavy atom. The average Bonchev–Trinajstić information content (AvgIpc) is 2.84. The minimum Gasteiger partial charge on any atom is -0.372 e. The van der Waals surface area contributed by atoms with E-state index in [1.165, 1.54) is 22.3 Å². The van der Waals surface area contributed by atoms with E-state index >= 15 is 0 Å². The molecule has 4 nitrogen and oxygen atoms in total. The summed E-state index contributed by atoms with van der Waals surface area (Å²) >= 11 is 0. The summed E-state index contributed by atoms with van der Waals surface area (Å²) in [4.78, 5) is 9.68. The van der Waals surface area contributed by atoms with Crippen LogP contribution in [0.3, 0.4) is 0 Å². The van der Waals surface area contributed by atoms with Gasteiger partial charge in [0, 0.05) is 43.1 Å². The first kappa shape index (κ1) is 34.8. The first-order chi connectivity index (χ1) is 17.1. The van der Waals surface area contributed by atoms with E-state index in [1.807, 2.05) is 12.4 Å². The zero-order valence-electron chi connectivity index (χ0n) is 24.4. The molecule has 5 heteroatoms. The topological polar surface area (TPSA) is 43.2 Å². The Hall–Kier alpha value is -2.25.